The lowest BCUT2D eigenvalue weighted by atomic mass is 9.88. The maximum atomic E-state index is 12.8. The maximum absolute atomic E-state index is 12.8. The Bertz CT molecular complexity index is 374. The Balaban J connectivity index is 1.99. The Hall–Kier alpha value is -1.35. The first-order valence-corrected chi connectivity index (χ1v) is 6.07. The van der Waals surface area contributed by atoms with Crippen molar-refractivity contribution in [3.05, 3.63) is 42.2 Å². The number of hydrogen-bond donors (Lipinski definition) is 2. The van der Waals surface area contributed by atoms with Gasteiger partial charge in [0.05, 0.1) is 12.6 Å². The van der Waals surface area contributed by atoms with E-state index in [2.05, 4.69) is 17.5 Å². The number of hydrogen-bond acceptors (Lipinski definition) is 2. The van der Waals surface area contributed by atoms with Crippen LogP contribution in [0.1, 0.15) is 19.3 Å². The van der Waals surface area contributed by atoms with Crippen molar-refractivity contribution in [2.24, 2.45) is 5.92 Å². The molecule has 0 bridgehead atoms. The van der Waals surface area contributed by atoms with Crippen LogP contribution in [0.25, 0.3) is 0 Å². The van der Waals surface area contributed by atoms with Crippen LogP contribution in [0.3, 0.4) is 0 Å². The van der Waals surface area contributed by atoms with Crippen molar-refractivity contribution in [3.63, 3.8) is 0 Å². The SMILES string of the molecule is OCC(Nc1ccc(F)cc1)C1CC=CCC1. The molecule has 2 atom stereocenters. The van der Waals surface area contributed by atoms with E-state index in [1.54, 1.807) is 12.1 Å². The Kier molecular flexibility index (Phi) is 4.15. The van der Waals surface area contributed by atoms with E-state index in [1.165, 1.54) is 12.1 Å². The van der Waals surface area contributed by atoms with E-state index >= 15 is 0 Å². The van der Waals surface area contributed by atoms with E-state index in [-0.39, 0.29) is 18.5 Å². The molecule has 0 saturated heterocycles. The molecule has 0 aromatic heterocycles. The van der Waals surface area contributed by atoms with E-state index in [0.29, 0.717) is 5.92 Å². The molecule has 17 heavy (non-hydrogen) atoms. The summed E-state index contributed by atoms with van der Waals surface area (Å²) in [6, 6.07) is 6.31. The van der Waals surface area contributed by atoms with Crippen molar-refractivity contribution in [2.75, 3.05) is 11.9 Å². The first kappa shape index (κ1) is 12.1. The molecule has 2 rings (SSSR count). The van der Waals surface area contributed by atoms with Crippen LogP contribution in [0.15, 0.2) is 36.4 Å². The summed E-state index contributed by atoms with van der Waals surface area (Å²) in [7, 11) is 0. The average Bonchev–Trinajstić information content (AvgIpc) is 2.39. The molecule has 0 saturated carbocycles. The van der Waals surface area contributed by atoms with Crippen LogP contribution in [0.5, 0.6) is 0 Å². The van der Waals surface area contributed by atoms with Crippen LogP contribution >= 0.6 is 0 Å². The van der Waals surface area contributed by atoms with Gasteiger partial charge >= 0.3 is 0 Å². The summed E-state index contributed by atoms with van der Waals surface area (Å²) in [6.45, 7) is 0.107. The number of nitrogens with one attached hydrogen (secondary N) is 1. The molecule has 1 aliphatic rings. The third kappa shape index (κ3) is 3.30. The average molecular weight is 235 g/mol. The fourth-order valence-corrected chi connectivity index (χ4v) is 2.26. The van der Waals surface area contributed by atoms with Crippen molar-refractivity contribution in [1.29, 1.82) is 0 Å². The predicted octanol–water partition coefficient (Wildman–Crippen LogP) is 2.95. The zero-order valence-electron chi connectivity index (χ0n) is 9.77. The van der Waals surface area contributed by atoms with Crippen LogP contribution in [-0.4, -0.2) is 17.8 Å². The second kappa shape index (κ2) is 5.82. The Morgan fingerprint density at radius 2 is 2.06 bits per heavy atom. The van der Waals surface area contributed by atoms with E-state index in [9.17, 15) is 9.50 Å². The van der Waals surface area contributed by atoms with E-state index < -0.39 is 0 Å². The highest BCUT2D eigenvalue weighted by Crippen LogP contribution is 2.24. The van der Waals surface area contributed by atoms with Crippen molar-refractivity contribution >= 4 is 5.69 Å². The standard InChI is InChI=1S/C14H18FNO/c15-12-6-8-13(9-7-12)16-14(10-17)11-4-2-1-3-5-11/h1-2,6-9,11,14,16-17H,3-5,10H2. The molecular formula is C14H18FNO. The highest BCUT2D eigenvalue weighted by atomic mass is 19.1. The van der Waals surface area contributed by atoms with Gasteiger partial charge in [0.15, 0.2) is 0 Å². The Morgan fingerprint density at radius 1 is 1.29 bits per heavy atom. The number of halogens is 1. The molecule has 2 N–H and O–H groups in total. The molecule has 0 fully saturated rings. The molecule has 2 unspecified atom stereocenters. The molecule has 3 heteroatoms. The van der Waals surface area contributed by atoms with Crippen LogP contribution in [0.4, 0.5) is 10.1 Å². The summed E-state index contributed by atoms with van der Waals surface area (Å²) in [6.07, 6.45) is 7.52. The number of aliphatic hydroxyl groups is 1. The highest BCUT2D eigenvalue weighted by Gasteiger charge is 2.20. The number of anilines is 1. The molecule has 0 radical (unpaired) electrons. The third-order valence-corrected chi connectivity index (χ3v) is 3.27. The minimum atomic E-state index is -0.239. The van der Waals surface area contributed by atoms with Gasteiger partial charge in [-0.25, -0.2) is 4.39 Å². The molecular weight excluding hydrogens is 217 g/mol. The number of benzene rings is 1. The smallest absolute Gasteiger partial charge is 0.123 e. The van der Waals surface area contributed by atoms with Crippen LogP contribution < -0.4 is 5.32 Å². The minimum Gasteiger partial charge on any atom is -0.394 e. The van der Waals surface area contributed by atoms with Crippen molar-refractivity contribution in [2.45, 2.75) is 25.3 Å². The van der Waals surface area contributed by atoms with Crippen molar-refractivity contribution < 1.29 is 9.50 Å². The van der Waals surface area contributed by atoms with Gasteiger partial charge in [-0.2, -0.15) is 0 Å². The van der Waals surface area contributed by atoms with Crippen LogP contribution in [0, 0.1) is 11.7 Å². The van der Waals surface area contributed by atoms with E-state index in [1.807, 2.05) is 0 Å². The summed E-state index contributed by atoms with van der Waals surface area (Å²) in [4.78, 5) is 0. The summed E-state index contributed by atoms with van der Waals surface area (Å²) in [5.41, 5.74) is 0.861. The molecule has 1 aliphatic carbocycles. The van der Waals surface area contributed by atoms with Gasteiger partial charge in [-0.05, 0) is 49.4 Å². The van der Waals surface area contributed by atoms with Crippen molar-refractivity contribution in [3.8, 4) is 0 Å². The van der Waals surface area contributed by atoms with Gasteiger partial charge < -0.3 is 10.4 Å². The first-order valence-electron chi connectivity index (χ1n) is 6.07. The first-order chi connectivity index (χ1) is 8.29. The molecule has 92 valence electrons. The van der Waals surface area contributed by atoms with Gasteiger partial charge in [-0.3, -0.25) is 0 Å². The summed E-state index contributed by atoms with van der Waals surface area (Å²) >= 11 is 0. The normalized spacial score (nSPS) is 21.2. The topological polar surface area (TPSA) is 32.3 Å². The number of allylic oxidation sites excluding steroid dienone is 2. The van der Waals surface area contributed by atoms with Crippen LogP contribution in [-0.2, 0) is 0 Å². The van der Waals surface area contributed by atoms with E-state index in [0.717, 1.165) is 24.9 Å². The highest BCUT2D eigenvalue weighted by molar-refractivity contribution is 5.44. The predicted molar refractivity (Wildman–Crippen MR) is 67.4 cm³/mol. The van der Waals surface area contributed by atoms with E-state index in [4.69, 9.17) is 0 Å². The molecule has 2 nitrogen and oxygen atoms in total. The fraction of sp³-hybridized carbons (Fsp3) is 0.429. The Labute approximate surface area is 101 Å². The van der Waals surface area contributed by atoms with Gasteiger partial charge in [0.1, 0.15) is 5.82 Å². The molecule has 0 spiro atoms. The zero-order chi connectivity index (χ0) is 12.1. The zero-order valence-corrected chi connectivity index (χ0v) is 9.77. The van der Waals surface area contributed by atoms with Gasteiger partial charge in [-0.1, -0.05) is 12.2 Å². The largest absolute Gasteiger partial charge is 0.394 e. The third-order valence-electron chi connectivity index (χ3n) is 3.27. The summed E-state index contributed by atoms with van der Waals surface area (Å²) in [5.74, 6) is 0.215. The quantitative estimate of drug-likeness (QED) is 0.786. The molecule has 0 aliphatic heterocycles. The second-order valence-corrected chi connectivity index (χ2v) is 4.48. The fourth-order valence-electron chi connectivity index (χ4n) is 2.26. The molecule has 0 heterocycles. The lowest BCUT2D eigenvalue weighted by Gasteiger charge is -2.28. The monoisotopic (exact) mass is 235 g/mol. The second-order valence-electron chi connectivity index (χ2n) is 4.48. The maximum Gasteiger partial charge on any atom is 0.123 e. The lowest BCUT2D eigenvalue weighted by molar-refractivity contribution is 0.230. The molecule has 1 aromatic rings. The number of rotatable bonds is 4. The van der Waals surface area contributed by atoms with Gasteiger partial charge in [0.25, 0.3) is 0 Å². The Morgan fingerprint density at radius 3 is 2.65 bits per heavy atom. The van der Waals surface area contributed by atoms with Crippen molar-refractivity contribution in [1.82, 2.24) is 0 Å². The van der Waals surface area contributed by atoms with Gasteiger partial charge in [-0.15, -0.1) is 0 Å². The minimum absolute atomic E-state index is 0.0467. The molecule has 1 aromatic carbocycles. The van der Waals surface area contributed by atoms with Crippen LogP contribution in [0.2, 0.25) is 0 Å². The summed E-state index contributed by atoms with van der Waals surface area (Å²) < 4.78 is 12.8. The molecule has 0 amide bonds. The number of aliphatic hydroxyl groups excluding tert-OH is 1. The van der Waals surface area contributed by atoms with Gasteiger partial charge in [0.2, 0.25) is 0 Å². The lowest BCUT2D eigenvalue weighted by Crippen LogP contribution is -2.33. The summed E-state index contributed by atoms with van der Waals surface area (Å²) in [5, 5.41) is 12.7. The van der Waals surface area contributed by atoms with Gasteiger partial charge in [0, 0.05) is 5.69 Å².